The minimum absolute atomic E-state index is 0.110. The molecule has 5 rings (SSSR count). The van der Waals surface area contributed by atoms with Crippen LogP contribution in [0.2, 0.25) is 0 Å². The zero-order valence-electron chi connectivity index (χ0n) is 22.6. The van der Waals surface area contributed by atoms with Crippen LogP contribution in [0.25, 0.3) is 10.9 Å². The summed E-state index contributed by atoms with van der Waals surface area (Å²) in [6, 6.07) is 9.78. The van der Waals surface area contributed by atoms with Crippen molar-refractivity contribution >= 4 is 28.4 Å². The monoisotopic (exact) mass is 545 g/mol. The summed E-state index contributed by atoms with van der Waals surface area (Å²) < 4.78 is 16.9. The van der Waals surface area contributed by atoms with Crippen LogP contribution in [0.4, 0.5) is 10.1 Å². The average molecular weight is 546 g/mol. The standard InChI is InChI=1S/C30H32FN5O4/c1-17(2)36-26-12-10-19(13-23(26)29(39)35(30(36)40)16-18-7-8-18)27(37)34-25-6-4-3-5-22(25)28(38)33-21-11-9-20(15-32)24(31)14-21/h9-14,17-18,22,25H,3-8,16H2,1-2H3,(H,33,38)(H,34,37)/t22-,25+/m0/s1. The number of rotatable bonds is 7. The number of halogens is 1. The molecule has 2 N–H and O–H groups in total. The Labute approximate surface area is 230 Å². The summed E-state index contributed by atoms with van der Waals surface area (Å²) in [5, 5.41) is 14.9. The molecule has 40 heavy (non-hydrogen) atoms. The molecule has 0 bridgehead atoms. The lowest BCUT2D eigenvalue weighted by atomic mass is 9.83. The van der Waals surface area contributed by atoms with E-state index in [-0.39, 0.29) is 34.5 Å². The van der Waals surface area contributed by atoms with Crippen LogP contribution in [0, 0.1) is 29.0 Å². The SMILES string of the molecule is CC(C)n1c(=O)n(CC2CC2)c(=O)c2cc(C(=O)N[C@@H]3CCCC[C@@H]3C(=O)Nc3ccc(C#N)c(F)c3)ccc21. The van der Waals surface area contributed by atoms with Gasteiger partial charge in [0.2, 0.25) is 5.91 Å². The third-order valence-corrected chi connectivity index (χ3v) is 7.86. The maximum absolute atomic E-state index is 14.0. The van der Waals surface area contributed by atoms with E-state index >= 15 is 0 Å². The van der Waals surface area contributed by atoms with Gasteiger partial charge in [0, 0.05) is 29.9 Å². The lowest BCUT2D eigenvalue weighted by Crippen LogP contribution is -2.46. The Morgan fingerprint density at radius 2 is 1.82 bits per heavy atom. The van der Waals surface area contributed by atoms with E-state index in [1.807, 2.05) is 13.8 Å². The number of fused-ring (bicyclic) bond motifs is 1. The fraction of sp³-hybridized carbons (Fsp3) is 0.433. The number of carbonyl (C=O) groups excluding carboxylic acids is 2. The van der Waals surface area contributed by atoms with Crippen LogP contribution >= 0.6 is 0 Å². The molecular formula is C30H32FN5O4. The second-order valence-electron chi connectivity index (χ2n) is 11.1. The molecular weight excluding hydrogens is 513 g/mol. The van der Waals surface area contributed by atoms with E-state index in [9.17, 15) is 23.6 Å². The van der Waals surface area contributed by atoms with Crippen molar-refractivity contribution in [2.45, 2.75) is 71.0 Å². The highest BCUT2D eigenvalue weighted by atomic mass is 19.1. The van der Waals surface area contributed by atoms with Crippen LogP contribution in [0.3, 0.4) is 0 Å². The molecule has 1 aromatic heterocycles. The number of aromatic nitrogens is 2. The summed E-state index contributed by atoms with van der Waals surface area (Å²) in [6.07, 6.45) is 4.79. The normalized spacial score (nSPS) is 18.9. The fourth-order valence-electron chi connectivity index (χ4n) is 5.53. The topological polar surface area (TPSA) is 126 Å². The van der Waals surface area contributed by atoms with Crippen LogP contribution < -0.4 is 21.9 Å². The maximum atomic E-state index is 14.0. The quantitative estimate of drug-likeness (QED) is 0.463. The molecule has 0 saturated heterocycles. The van der Waals surface area contributed by atoms with Gasteiger partial charge >= 0.3 is 5.69 Å². The van der Waals surface area contributed by atoms with Crippen molar-refractivity contribution in [2.24, 2.45) is 11.8 Å². The van der Waals surface area contributed by atoms with Gasteiger partial charge in [-0.05, 0) is 81.8 Å². The van der Waals surface area contributed by atoms with Gasteiger partial charge in [-0.2, -0.15) is 5.26 Å². The van der Waals surface area contributed by atoms with E-state index in [2.05, 4.69) is 10.6 Å². The van der Waals surface area contributed by atoms with Gasteiger partial charge in [-0.1, -0.05) is 12.8 Å². The maximum Gasteiger partial charge on any atom is 0.331 e. The van der Waals surface area contributed by atoms with Crippen LogP contribution in [0.5, 0.6) is 0 Å². The Kier molecular flexibility index (Phi) is 7.57. The Balaban J connectivity index is 1.39. The van der Waals surface area contributed by atoms with Crippen molar-refractivity contribution in [3.05, 3.63) is 74.2 Å². The van der Waals surface area contributed by atoms with Crippen LogP contribution in [-0.4, -0.2) is 27.0 Å². The summed E-state index contributed by atoms with van der Waals surface area (Å²) in [4.78, 5) is 53.0. The smallest absolute Gasteiger partial charge is 0.331 e. The van der Waals surface area contributed by atoms with E-state index in [0.29, 0.717) is 36.2 Å². The van der Waals surface area contributed by atoms with Crippen molar-refractivity contribution in [1.29, 1.82) is 5.26 Å². The van der Waals surface area contributed by atoms with Gasteiger partial charge < -0.3 is 10.6 Å². The number of hydrogen-bond donors (Lipinski definition) is 2. The molecule has 0 radical (unpaired) electrons. The average Bonchev–Trinajstić information content (AvgIpc) is 3.75. The molecule has 2 aromatic carbocycles. The van der Waals surface area contributed by atoms with Gasteiger partial charge in [0.25, 0.3) is 11.5 Å². The number of nitrogens with zero attached hydrogens (tertiary/aromatic N) is 3. The summed E-state index contributed by atoms with van der Waals surface area (Å²) in [7, 11) is 0. The number of nitriles is 1. The van der Waals surface area contributed by atoms with E-state index in [0.717, 1.165) is 31.7 Å². The molecule has 9 nitrogen and oxygen atoms in total. The number of carbonyl (C=O) groups is 2. The summed E-state index contributed by atoms with van der Waals surface area (Å²) in [5.41, 5.74) is 0.151. The highest BCUT2D eigenvalue weighted by Crippen LogP contribution is 2.30. The van der Waals surface area contributed by atoms with Gasteiger partial charge in [0.15, 0.2) is 0 Å². The first-order chi connectivity index (χ1) is 19.2. The van der Waals surface area contributed by atoms with Gasteiger partial charge in [-0.15, -0.1) is 0 Å². The minimum Gasteiger partial charge on any atom is -0.349 e. The third-order valence-electron chi connectivity index (χ3n) is 7.86. The van der Waals surface area contributed by atoms with Gasteiger partial charge in [-0.3, -0.25) is 23.5 Å². The summed E-state index contributed by atoms with van der Waals surface area (Å²) in [6.45, 7) is 4.14. The minimum atomic E-state index is -0.718. The number of nitrogens with one attached hydrogen (secondary N) is 2. The third kappa shape index (κ3) is 5.41. The van der Waals surface area contributed by atoms with Crippen molar-refractivity contribution in [3.63, 3.8) is 0 Å². The van der Waals surface area contributed by atoms with E-state index in [1.54, 1.807) is 22.8 Å². The van der Waals surface area contributed by atoms with Crippen LogP contribution in [0.15, 0.2) is 46.0 Å². The molecule has 2 fully saturated rings. The molecule has 2 atom stereocenters. The number of anilines is 1. The summed E-state index contributed by atoms with van der Waals surface area (Å²) >= 11 is 0. The second-order valence-corrected chi connectivity index (χ2v) is 11.1. The molecule has 208 valence electrons. The largest absolute Gasteiger partial charge is 0.349 e. The van der Waals surface area contributed by atoms with Gasteiger partial charge in [0.1, 0.15) is 11.9 Å². The highest BCUT2D eigenvalue weighted by molar-refractivity contribution is 5.99. The molecule has 3 aromatic rings. The van der Waals surface area contributed by atoms with E-state index < -0.39 is 29.2 Å². The molecule has 0 unspecified atom stereocenters. The highest BCUT2D eigenvalue weighted by Gasteiger charge is 2.33. The van der Waals surface area contributed by atoms with Crippen molar-refractivity contribution in [2.75, 3.05) is 5.32 Å². The second kappa shape index (κ2) is 11.1. The molecule has 0 aliphatic heterocycles. The molecule has 1 heterocycles. The number of hydrogen-bond acceptors (Lipinski definition) is 5. The molecule has 10 heteroatoms. The van der Waals surface area contributed by atoms with Crippen LogP contribution in [0.1, 0.15) is 74.3 Å². The molecule has 2 aliphatic rings. The Bertz CT molecular complexity index is 1650. The Morgan fingerprint density at radius 3 is 2.50 bits per heavy atom. The predicted molar refractivity (Wildman–Crippen MR) is 149 cm³/mol. The number of benzene rings is 2. The first-order valence-electron chi connectivity index (χ1n) is 13.8. The lowest BCUT2D eigenvalue weighted by Gasteiger charge is -2.31. The lowest BCUT2D eigenvalue weighted by molar-refractivity contribution is -0.121. The van der Waals surface area contributed by atoms with Gasteiger partial charge in [0.05, 0.1) is 22.4 Å². The van der Waals surface area contributed by atoms with Crippen molar-refractivity contribution in [3.8, 4) is 6.07 Å². The molecule has 2 amide bonds. The molecule has 0 spiro atoms. The fourth-order valence-corrected chi connectivity index (χ4v) is 5.53. The van der Waals surface area contributed by atoms with E-state index in [4.69, 9.17) is 5.26 Å². The number of amides is 2. The zero-order chi connectivity index (χ0) is 28.6. The Hall–Kier alpha value is -4.26. The van der Waals surface area contributed by atoms with Gasteiger partial charge in [-0.25, -0.2) is 9.18 Å². The van der Waals surface area contributed by atoms with E-state index in [1.165, 1.54) is 22.8 Å². The Morgan fingerprint density at radius 1 is 1.07 bits per heavy atom. The summed E-state index contributed by atoms with van der Waals surface area (Å²) in [5.74, 6) is -1.67. The predicted octanol–water partition coefficient (Wildman–Crippen LogP) is 4.09. The van der Waals surface area contributed by atoms with Crippen molar-refractivity contribution in [1.82, 2.24) is 14.5 Å². The zero-order valence-corrected chi connectivity index (χ0v) is 22.6. The molecule has 2 saturated carbocycles. The van der Waals surface area contributed by atoms with Crippen LogP contribution in [-0.2, 0) is 11.3 Å². The first kappa shape index (κ1) is 27.3. The van der Waals surface area contributed by atoms with Crippen molar-refractivity contribution < 1.29 is 14.0 Å². The molecule has 2 aliphatic carbocycles. The first-order valence-corrected chi connectivity index (χ1v) is 13.8.